The lowest BCUT2D eigenvalue weighted by molar-refractivity contribution is 0.0997. The highest BCUT2D eigenvalue weighted by atomic mass is 35.5. The Balaban J connectivity index is 2.24. The molecule has 2 aromatic rings. The maximum atomic E-state index is 11.8. The molecule has 1 aromatic carbocycles. The molecule has 0 atom stereocenters. The van der Waals surface area contributed by atoms with Crippen LogP contribution in [0.25, 0.3) is 0 Å². The van der Waals surface area contributed by atoms with Crippen LogP contribution in [0.1, 0.15) is 10.6 Å². The van der Waals surface area contributed by atoms with Gasteiger partial charge in [0.2, 0.25) is 0 Å². The summed E-state index contributed by atoms with van der Waals surface area (Å²) in [4.78, 5) is 11.8. The van der Waals surface area contributed by atoms with Gasteiger partial charge in [-0.15, -0.1) is 0 Å². The molecular weight excluding hydrogens is 284 g/mol. The molecule has 0 unspecified atom stereocenters. The zero-order valence-electron chi connectivity index (χ0n) is 8.34. The van der Waals surface area contributed by atoms with Crippen LogP contribution in [0.3, 0.4) is 0 Å². The Hall–Kier alpha value is -1.16. The predicted octanol–water partition coefficient (Wildman–Crippen LogP) is 4.49. The summed E-state index contributed by atoms with van der Waals surface area (Å²) in [6, 6.07) is 7.87. The van der Waals surface area contributed by atoms with Crippen LogP contribution in [-0.4, -0.2) is 5.91 Å². The van der Waals surface area contributed by atoms with Crippen LogP contribution in [0.2, 0.25) is 15.3 Å². The smallest absolute Gasteiger partial charge is 0.291 e. The Bertz CT molecular complexity index is 545. The molecule has 0 aliphatic carbocycles. The summed E-state index contributed by atoms with van der Waals surface area (Å²) in [7, 11) is 0. The zero-order valence-corrected chi connectivity index (χ0v) is 10.6. The number of furan rings is 1. The van der Waals surface area contributed by atoms with Crippen molar-refractivity contribution >= 4 is 46.4 Å². The van der Waals surface area contributed by atoms with Crippen molar-refractivity contribution in [1.29, 1.82) is 0 Å². The molecule has 6 heteroatoms. The van der Waals surface area contributed by atoms with Crippen LogP contribution in [0, 0.1) is 0 Å². The summed E-state index contributed by atoms with van der Waals surface area (Å²) in [6.07, 6.45) is 0. The summed E-state index contributed by atoms with van der Waals surface area (Å²) in [5.74, 6) is -0.377. The standard InChI is InChI=1S/C11H6Cl3NO2/c12-6-2-1-3-7(13)10(6)15-11(16)8-4-5-9(14)17-8/h1-5H,(H,15,16). The number of rotatable bonds is 2. The van der Waals surface area contributed by atoms with Gasteiger partial charge >= 0.3 is 0 Å². The van der Waals surface area contributed by atoms with E-state index in [9.17, 15) is 4.79 Å². The van der Waals surface area contributed by atoms with E-state index in [1.807, 2.05) is 0 Å². The molecule has 0 bridgehead atoms. The first kappa shape index (κ1) is 12.3. The number of amides is 1. The van der Waals surface area contributed by atoms with Gasteiger partial charge in [0.05, 0.1) is 15.7 Å². The molecule has 0 spiro atoms. The first-order valence-electron chi connectivity index (χ1n) is 4.58. The van der Waals surface area contributed by atoms with Gasteiger partial charge in [0.1, 0.15) is 0 Å². The summed E-state index contributed by atoms with van der Waals surface area (Å²) < 4.78 is 4.96. The largest absolute Gasteiger partial charge is 0.440 e. The Labute approximate surface area is 112 Å². The minimum atomic E-state index is -0.466. The summed E-state index contributed by atoms with van der Waals surface area (Å²) in [5.41, 5.74) is 0.341. The van der Waals surface area contributed by atoms with Crippen molar-refractivity contribution < 1.29 is 9.21 Å². The van der Waals surface area contributed by atoms with Crippen LogP contribution in [0.15, 0.2) is 34.7 Å². The highest BCUT2D eigenvalue weighted by molar-refractivity contribution is 6.40. The summed E-state index contributed by atoms with van der Waals surface area (Å²) in [6.45, 7) is 0. The van der Waals surface area contributed by atoms with E-state index in [0.29, 0.717) is 15.7 Å². The van der Waals surface area contributed by atoms with Crippen molar-refractivity contribution in [3.8, 4) is 0 Å². The predicted molar refractivity (Wildman–Crippen MR) is 68.1 cm³/mol. The Morgan fingerprint density at radius 2 is 1.71 bits per heavy atom. The second-order valence-corrected chi connectivity index (χ2v) is 4.34. The van der Waals surface area contributed by atoms with E-state index in [4.69, 9.17) is 39.2 Å². The minimum absolute atomic E-state index is 0.0889. The lowest BCUT2D eigenvalue weighted by Gasteiger charge is -2.07. The van der Waals surface area contributed by atoms with E-state index in [1.165, 1.54) is 12.1 Å². The lowest BCUT2D eigenvalue weighted by atomic mass is 10.3. The topological polar surface area (TPSA) is 42.2 Å². The van der Waals surface area contributed by atoms with Gasteiger partial charge < -0.3 is 9.73 Å². The van der Waals surface area contributed by atoms with Crippen molar-refractivity contribution in [3.63, 3.8) is 0 Å². The van der Waals surface area contributed by atoms with E-state index in [2.05, 4.69) is 5.32 Å². The Morgan fingerprint density at radius 1 is 1.06 bits per heavy atom. The van der Waals surface area contributed by atoms with E-state index >= 15 is 0 Å². The molecule has 1 aromatic heterocycles. The average molecular weight is 291 g/mol. The maximum absolute atomic E-state index is 11.8. The number of para-hydroxylation sites is 1. The third kappa shape index (κ3) is 2.75. The Morgan fingerprint density at radius 3 is 2.24 bits per heavy atom. The normalized spacial score (nSPS) is 10.3. The molecule has 3 nitrogen and oxygen atoms in total. The third-order valence-electron chi connectivity index (χ3n) is 2.00. The number of benzene rings is 1. The molecule has 0 fully saturated rings. The van der Waals surface area contributed by atoms with Gasteiger partial charge in [0, 0.05) is 0 Å². The van der Waals surface area contributed by atoms with Crippen LogP contribution in [0.4, 0.5) is 5.69 Å². The fourth-order valence-corrected chi connectivity index (χ4v) is 1.87. The number of hydrogen-bond donors (Lipinski definition) is 1. The van der Waals surface area contributed by atoms with E-state index in [0.717, 1.165) is 0 Å². The first-order valence-corrected chi connectivity index (χ1v) is 5.72. The van der Waals surface area contributed by atoms with Crippen LogP contribution in [-0.2, 0) is 0 Å². The van der Waals surface area contributed by atoms with Gasteiger partial charge in [0.15, 0.2) is 11.0 Å². The van der Waals surface area contributed by atoms with Crippen molar-refractivity contribution in [1.82, 2.24) is 0 Å². The number of hydrogen-bond acceptors (Lipinski definition) is 2. The molecule has 17 heavy (non-hydrogen) atoms. The fourth-order valence-electron chi connectivity index (χ4n) is 1.23. The molecule has 2 rings (SSSR count). The van der Waals surface area contributed by atoms with Gasteiger partial charge in [0.25, 0.3) is 5.91 Å². The molecule has 88 valence electrons. The number of halogens is 3. The molecule has 0 saturated heterocycles. The zero-order chi connectivity index (χ0) is 12.4. The second kappa shape index (κ2) is 5.00. The van der Waals surface area contributed by atoms with Gasteiger partial charge in [-0.3, -0.25) is 4.79 Å². The Kier molecular flexibility index (Phi) is 3.62. The number of anilines is 1. The van der Waals surface area contributed by atoms with Crippen molar-refractivity contribution in [3.05, 3.63) is 51.4 Å². The van der Waals surface area contributed by atoms with Crippen molar-refractivity contribution in [2.75, 3.05) is 5.32 Å². The highest BCUT2D eigenvalue weighted by Crippen LogP contribution is 2.30. The molecular formula is C11H6Cl3NO2. The van der Waals surface area contributed by atoms with Gasteiger partial charge in [-0.2, -0.15) is 0 Å². The van der Waals surface area contributed by atoms with Crippen molar-refractivity contribution in [2.45, 2.75) is 0 Å². The summed E-state index contributed by atoms with van der Waals surface area (Å²) >= 11 is 17.4. The first-order chi connectivity index (χ1) is 8.08. The molecule has 1 heterocycles. The highest BCUT2D eigenvalue weighted by Gasteiger charge is 2.14. The average Bonchev–Trinajstić information content (AvgIpc) is 2.70. The third-order valence-corrected chi connectivity index (χ3v) is 2.83. The lowest BCUT2D eigenvalue weighted by Crippen LogP contribution is -2.11. The van der Waals surface area contributed by atoms with Crippen LogP contribution >= 0.6 is 34.8 Å². The van der Waals surface area contributed by atoms with Crippen molar-refractivity contribution in [2.24, 2.45) is 0 Å². The maximum Gasteiger partial charge on any atom is 0.291 e. The number of nitrogens with one attached hydrogen (secondary N) is 1. The quantitative estimate of drug-likeness (QED) is 0.885. The van der Waals surface area contributed by atoms with Gasteiger partial charge in [-0.05, 0) is 35.9 Å². The van der Waals surface area contributed by atoms with Crippen LogP contribution in [0.5, 0.6) is 0 Å². The fraction of sp³-hybridized carbons (Fsp3) is 0. The van der Waals surface area contributed by atoms with Gasteiger partial charge in [-0.1, -0.05) is 29.3 Å². The number of carbonyl (C=O) groups excluding carboxylic acids is 1. The number of carbonyl (C=O) groups is 1. The molecule has 0 saturated carbocycles. The molecule has 0 aliphatic rings. The van der Waals surface area contributed by atoms with E-state index < -0.39 is 5.91 Å². The molecule has 0 aliphatic heterocycles. The molecule has 0 radical (unpaired) electrons. The SMILES string of the molecule is O=C(Nc1c(Cl)cccc1Cl)c1ccc(Cl)o1. The monoisotopic (exact) mass is 289 g/mol. The summed E-state index contributed by atoms with van der Waals surface area (Å²) in [5, 5.41) is 3.39. The van der Waals surface area contributed by atoms with E-state index in [1.54, 1.807) is 18.2 Å². The van der Waals surface area contributed by atoms with Crippen LogP contribution < -0.4 is 5.32 Å². The minimum Gasteiger partial charge on any atom is -0.440 e. The molecule has 1 N–H and O–H groups in total. The second-order valence-electron chi connectivity index (χ2n) is 3.15. The van der Waals surface area contributed by atoms with Gasteiger partial charge in [-0.25, -0.2) is 0 Å². The van der Waals surface area contributed by atoms with E-state index in [-0.39, 0.29) is 11.0 Å². The molecule has 1 amide bonds.